The number of urea groups is 1. The van der Waals surface area contributed by atoms with Gasteiger partial charge in [-0.1, -0.05) is 35.3 Å². The number of amides is 5. The van der Waals surface area contributed by atoms with Crippen LogP contribution in [0.2, 0.25) is 10.0 Å². The number of halogens is 2. The molecule has 0 saturated carbocycles. The number of imide groups is 2. The van der Waals surface area contributed by atoms with E-state index < -0.39 is 23.8 Å². The van der Waals surface area contributed by atoms with Gasteiger partial charge in [-0.2, -0.15) is 5.01 Å². The third-order valence-corrected chi connectivity index (χ3v) is 6.88. The maximum absolute atomic E-state index is 13.0. The summed E-state index contributed by atoms with van der Waals surface area (Å²) in [6, 6.07) is 4.33. The van der Waals surface area contributed by atoms with Gasteiger partial charge in [0.25, 0.3) is 11.8 Å². The first-order valence-electron chi connectivity index (χ1n) is 10.7. The summed E-state index contributed by atoms with van der Waals surface area (Å²) in [5, 5.41) is 4.84. The summed E-state index contributed by atoms with van der Waals surface area (Å²) in [6.45, 7) is 2.00. The average Bonchev–Trinajstić information content (AvgIpc) is 3.06. The molecule has 174 valence electrons. The van der Waals surface area contributed by atoms with Gasteiger partial charge in [-0.15, -0.1) is 0 Å². The molecule has 1 aromatic carbocycles. The normalized spacial score (nSPS) is 18.8. The number of aromatic nitrogens is 1. The van der Waals surface area contributed by atoms with Gasteiger partial charge in [0, 0.05) is 44.0 Å². The minimum absolute atomic E-state index is 0.0192. The molecule has 1 saturated heterocycles. The molecule has 5 rings (SSSR count). The molecule has 1 aromatic heterocycles. The van der Waals surface area contributed by atoms with Crippen molar-refractivity contribution in [2.75, 3.05) is 19.6 Å². The molecule has 1 fully saturated rings. The summed E-state index contributed by atoms with van der Waals surface area (Å²) in [7, 11) is 0. The highest BCUT2D eigenvalue weighted by atomic mass is 35.5. The average molecular weight is 500 g/mol. The smallest absolute Gasteiger partial charge is 0.295 e. The van der Waals surface area contributed by atoms with Crippen LogP contribution in [0.25, 0.3) is 5.57 Å². The molecule has 0 aliphatic carbocycles. The number of pyridine rings is 1. The maximum atomic E-state index is 13.0. The Bertz CT molecular complexity index is 1280. The van der Waals surface area contributed by atoms with Crippen LogP contribution in [0.4, 0.5) is 4.79 Å². The molecule has 4 heterocycles. The van der Waals surface area contributed by atoms with Gasteiger partial charge >= 0.3 is 6.03 Å². The SMILES string of the molecule is O=C1CCN(N2C(=O)c3ccc(CN4CC=C(c5cncc(Cl)c5Cl)CC4)cc3C2=O)C(=O)N1. The second-order valence-electron chi connectivity index (χ2n) is 8.23. The summed E-state index contributed by atoms with van der Waals surface area (Å²) in [5.41, 5.74) is 3.28. The van der Waals surface area contributed by atoms with Gasteiger partial charge in [0.15, 0.2) is 0 Å². The molecule has 2 aromatic rings. The molecule has 0 radical (unpaired) electrons. The first-order chi connectivity index (χ1) is 16.3. The van der Waals surface area contributed by atoms with Crippen LogP contribution in [0.5, 0.6) is 0 Å². The standard InChI is InChI=1S/C23H19Cl2N5O4/c24-18-11-26-10-17(20(18)25)14-3-6-28(7-4-14)12-13-1-2-15-16(9-13)22(33)30(21(15)32)29-8-5-19(31)27-23(29)34/h1-3,9-11H,4-8,12H2,(H,27,31,34). The van der Waals surface area contributed by atoms with Crippen LogP contribution in [0.15, 0.2) is 36.7 Å². The lowest BCUT2D eigenvalue weighted by Gasteiger charge is -2.32. The highest BCUT2D eigenvalue weighted by molar-refractivity contribution is 6.42. The fourth-order valence-corrected chi connectivity index (χ4v) is 4.72. The molecule has 0 spiro atoms. The van der Waals surface area contributed by atoms with Crippen LogP contribution in [0.3, 0.4) is 0 Å². The highest BCUT2D eigenvalue weighted by Gasteiger charge is 2.43. The van der Waals surface area contributed by atoms with Gasteiger partial charge in [0.2, 0.25) is 5.91 Å². The number of nitrogens with zero attached hydrogens (tertiary/aromatic N) is 4. The second kappa shape index (κ2) is 8.83. The molecule has 9 nitrogen and oxygen atoms in total. The van der Waals surface area contributed by atoms with E-state index in [1.807, 2.05) is 6.07 Å². The quantitative estimate of drug-likeness (QED) is 0.648. The Labute approximate surface area is 204 Å². The zero-order chi connectivity index (χ0) is 24.0. The van der Waals surface area contributed by atoms with Crippen molar-refractivity contribution in [2.45, 2.75) is 19.4 Å². The summed E-state index contributed by atoms with van der Waals surface area (Å²) < 4.78 is 0. The number of nitrogens with one attached hydrogen (secondary N) is 1. The number of rotatable bonds is 4. The van der Waals surface area contributed by atoms with Crippen molar-refractivity contribution in [3.8, 4) is 0 Å². The van der Waals surface area contributed by atoms with Crippen LogP contribution in [0.1, 0.15) is 44.7 Å². The molecule has 34 heavy (non-hydrogen) atoms. The first-order valence-corrected chi connectivity index (χ1v) is 11.4. The number of fused-ring (bicyclic) bond motifs is 1. The molecular weight excluding hydrogens is 481 g/mol. The van der Waals surface area contributed by atoms with Crippen LogP contribution >= 0.6 is 23.2 Å². The van der Waals surface area contributed by atoms with Crippen molar-refractivity contribution in [3.05, 3.63) is 69.0 Å². The van der Waals surface area contributed by atoms with Gasteiger partial charge in [0.1, 0.15) is 0 Å². The summed E-state index contributed by atoms with van der Waals surface area (Å²) >= 11 is 12.4. The van der Waals surface area contributed by atoms with E-state index in [1.54, 1.807) is 18.3 Å². The number of hydrogen-bond donors (Lipinski definition) is 1. The van der Waals surface area contributed by atoms with Gasteiger partial charge in [0.05, 0.1) is 27.7 Å². The monoisotopic (exact) mass is 499 g/mol. The Morgan fingerprint density at radius 1 is 0.941 bits per heavy atom. The molecule has 0 atom stereocenters. The van der Waals surface area contributed by atoms with Crippen molar-refractivity contribution < 1.29 is 19.2 Å². The Kier molecular flexibility index (Phi) is 5.85. The highest BCUT2D eigenvalue weighted by Crippen LogP contribution is 2.33. The molecule has 3 aliphatic heterocycles. The molecule has 0 unspecified atom stereocenters. The topological polar surface area (TPSA) is 103 Å². The van der Waals surface area contributed by atoms with Gasteiger partial charge in [-0.3, -0.25) is 29.6 Å². The first kappa shape index (κ1) is 22.5. The zero-order valence-corrected chi connectivity index (χ0v) is 19.4. The number of benzene rings is 1. The van der Waals surface area contributed by atoms with E-state index in [-0.39, 0.29) is 24.1 Å². The number of hydrazine groups is 1. The Hall–Kier alpha value is -3.27. The molecule has 0 bridgehead atoms. The van der Waals surface area contributed by atoms with E-state index in [1.165, 1.54) is 6.20 Å². The van der Waals surface area contributed by atoms with Crippen molar-refractivity contribution in [1.29, 1.82) is 0 Å². The van der Waals surface area contributed by atoms with Gasteiger partial charge in [-0.05, 0) is 29.7 Å². The van der Waals surface area contributed by atoms with E-state index in [2.05, 4.69) is 21.3 Å². The third-order valence-electron chi connectivity index (χ3n) is 6.09. The zero-order valence-electron chi connectivity index (χ0n) is 17.9. The fraction of sp³-hybridized carbons (Fsp3) is 0.261. The second-order valence-corrected chi connectivity index (χ2v) is 9.01. The van der Waals surface area contributed by atoms with E-state index in [0.717, 1.165) is 39.7 Å². The fourth-order valence-electron chi connectivity index (χ4n) is 4.34. The van der Waals surface area contributed by atoms with Gasteiger partial charge in [-0.25, -0.2) is 9.80 Å². The van der Waals surface area contributed by atoms with Crippen molar-refractivity contribution >= 4 is 52.5 Å². The number of hydrogen-bond acceptors (Lipinski definition) is 6. The van der Waals surface area contributed by atoms with Gasteiger partial charge < -0.3 is 0 Å². The molecule has 1 N–H and O–H groups in total. The number of carbonyl (C=O) groups excluding carboxylic acids is 4. The van der Waals surface area contributed by atoms with E-state index in [0.29, 0.717) is 23.1 Å². The van der Waals surface area contributed by atoms with E-state index >= 15 is 0 Å². The van der Waals surface area contributed by atoms with Crippen molar-refractivity contribution in [3.63, 3.8) is 0 Å². The molecule has 5 amide bonds. The summed E-state index contributed by atoms with van der Waals surface area (Å²) in [6.07, 6.45) is 6.10. The lowest BCUT2D eigenvalue weighted by Crippen LogP contribution is -2.58. The maximum Gasteiger partial charge on any atom is 0.343 e. The van der Waals surface area contributed by atoms with Crippen molar-refractivity contribution in [1.82, 2.24) is 25.2 Å². The van der Waals surface area contributed by atoms with Crippen molar-refractivity contribution in [2.24, 2.45) is 0 Å². The van der Waals surface area contributed by atoms with Crippen LogP contribution in [-0.2, 0) is 11.3 Å². The Morgan fingerprint density at radius 3 is 2.47 bits per heavy atom. The predicted molar refractivity (Wildman–Crippen MR) is 124 cm³/mol. The molecule has 3 aliphatic rings. The third kappa shape index (κ3) is 3.96. The summed E-state index contributed by atoms with van der Waals surface area (Å²) in [4.78, 5) is 55.7. The molecular formula is C23H19Cl2N5O4. The van der Waals surface area contributed by atoms with Crippen LogP contribution in [0, 0.1) is 0 Å². The van der Waals surface area contributed by atoms with E-state index in [9.17, 15) is 19.2 Å². The minimum Gasteiger partial charge on any atom is -0.295 e. The number of carbonyl (C=O) groups is 4. The lowest BCUT2D eigenvalue weighted by molar-refractivity contribution is -0.122. The van der Waals surface area contributed by atoms with E-state index in [4.69, 9.17) is 23.2 Å². The predicted octanol–water partition coefficient (Wildman–Crippen LogP) is 3.13. The molecule has 11 heteroatoms. The minimum atomic E-state index is -0.781. The summed E-state index contributed by atoms with van der Waals surface area (Å²) in [5.74, 6) is -1.59. The van der Waals surface area contributed by atoms with Crippen LogP contribution < -0.4 is 5.32 Å². The largest absolute Gasteiger partial charge is 0.343 e. The lowest BCUT2D eigenvalue weighted by atomic mass is 10.00. The van der Waals surface area contributed by atoms with Crippen LogP contribution in [-0.4, -0.2) is 63.3 Å². The Balaban J connectivity index is 1.30. The Morgan fingerprint density at radius 2 is 1.74 bits per heavy atom.